The van der Waals surface area contributed by atoms with Gasteiger partial charge in [0.05, 0.1) is 10.9 Å². The van der Waals surface area contributed by atoms with Gasteiger partial charge in [0.25, 0.3) is 0 Å². The van der Waals surface area contributed by atoms with E-state index in [9.17, 15) is 9.18 Å². The van der Waals surface area contributed by atoms with Gasteiger partial charge < -0.3 is 5.73 Å². The lowest BCUT2D eigenvalue weighted by Crippen LogP contribution is -2.20. The van der Waals surface area contributed by atoms with Crippen molar-refractivity contribution in [3.63, 3.8) is 0 Å². The Balaban J connectivity index is 2.68. The van der Waals surface area contributed by atoms with E-state index in [0.717, 1.165) is 5.56 Å². The molecule has 2 N–H and O–H groups in total. The molecular formula is C11H12FN3O. The van der Waals surface area contributed by atoms with Gasteiger partial charge in [-0.25, -0.2) is 4.39 Å². The minimum atomic E-state index is -0.493. The number of aromatic nitrogens is 2. The molecule has 1 amide bonds. The molecule has 2 rings (SSSR count). The Labute approximate surface area is 91.8 Å². The van der Waals surface area contributed by atoms with Crippen molar-refractivity contribution in [1.82, 2.24) is 9.78 Å². The molecule has 0 atom stereocenters. The molecule has 0 aliphatic heterocycles. The third-order valence-electron chi connectivity index (χ3n) is 2.50. The molecule has 0 spiro atoms. The van der Waals surface area contributed by atoms with E-state index in [1.807, 2.05) is 0 Å². The van der Waals surface area contributed by atoms with Crippen molar-refractivity contribution >= 4 is 16.8 Å². The average molecular weight is 221 g/mol. The summed E-state index contributed by atoms with van der Waals surface area (Å²) in [5.74, 6) is -0.809. The van der Waals surface area contributed by atoms with Gasteiger partial charge in [0.1, 0.15) is 12.4 Å². The number of hydrogen-bond donors (Lipinski definition) is 1. The van der Waals surface area contributed by atoms with Crippen molar-refractivity contribution < 1.29 is 9.18 Å². The van der Waals surface area contributed by atoms with Crippen molar-refractivity contribution in [2.75, 3.05) is 0 Å². The molecule has 0 saturated heterocycles. The molecule has 0 fully saturated rings. The SMILES string of the molecule is Cc1cc(F)c2c(C)n(CC(N)=O)nc2c1. The Bertz CT molecular complexity index is 574. The molecule has 0 aliphatic carbocycles. The van der Waals surface area contributed by atoms with Crippen LogP contribution in [0.1, 0.15) is 11.3 Å². The Morgan fingerprint density at radius 2 is 2.19 bits per heavy atom. The van der Waals surface area contributed by atoms with E-state index in [1.54, 1.807) is 19.9 Å². The fraction of sp³-hybridized carbons (Fsp3) is 0.273. The van der Waals surface area contributed by atoms with E-state index in [2.05, 4.69) is 5.10 Å². The quantitative estimate of drug-likeness (QED) is 0.830. The number of carbonyl (C=O) groups excluding carboxylic acids is 1. The second kappa shape index (κ2) is 3.59. The van der Waals surface area contributed by atoms with Crippen LogP contribution in [-0.4, -0.2) is 15.7 Å². The molecule has 4 nitrogen and oxygen atoms in total. The summed E-state index contributed by atoms with van der Waals surface area (Å²) in [6, 6.07) is 3.23. The summed E-state index contributed by atoms with van der Waals surface area (Å²) in [6.07, 6.45) is 0. The summed E-state index contributed by atoms with van der Waals surface area (Å²) in [6.45, 7) is 3.49. The first-order valence-corrected chi connectivity index (χ1v) is 4.90. The predicted molar refractivity (Wildman–Crippen MR) is 58.4 cm³/mol. The van der Waals surface area contributed by atoms with Gasteiger partial charge in [-0.2, -0.15) is 5.10 Å². The number of carbonyl (C=O) groups is 1. The molecule has 0 bridgehead atoms. The Morgan fingerprint density at radius 1 is 1.50 bits per heavy atom. The van der Waals surface area contributed by atoms with E-state index in [-0.39, 0.29) is 12.4 Å². The molecule has 16 heavy (non-hydrogen) atoms. The molecule has 1 heterocycles. The molecule has 2 aromatic rings. The molecule has 0 radical (unpaired) electrons. The van der Waals surface area contributed by atoms with Gasteiger partial charge in [-0.15, -0.1) is 0 Å². The molecular weight excluding hydrogens is 209 g/mol. The first-order chi connectivity index (χ1) is 7.49. The summed E-state index contributed by atoms with van der Waals surface area (Å²) in [4.78, 5) is 10.8. The van der Waals surface area contributed by atoms with Gasteiger partial charge in [-0.3, -0.25) is 9.48 Å². The van der Waals surface area contributed by atoms with Crippen LogP contribution in [0, 0.1) is 19.7 Å². The van der Waals surface area contributed by atoms with Gasteiger partial charge in [-0.05, 0) is 31.5 Å². The number of nitrogens with zero attached hydrogens (tertiary/aromatic N) is 2. The first kappa shape index (κ1) is 10.6. The van der Waals surface area contributed by atoms with Crippen LogP contribution < -0.4 is 5.73 Å². The summed E-state index contributed by atoms with van der Waals surface area (Å²) in [5, 5.41) is 4.60. The van der Waals surface area contributed by atoms with Gasteiger partial charge in [0.2, 0.25) is 5.91 Å². The predicted octanol–water partition coefficient (Wildman–Crippen LogP) is 1.28. The highest BCUT2D eigenvalue weighted by atomic mass is 19.1. The summed E-state index contributed by atoms with van der Waals surface area (Å²) < 4.78 is 15.1. The lowest BCUT2D eigenvalue weighted by Gasteiger charge is -1.99. The number of amides is 1. The zero-order valence-electron chi connectivity index (χ0n) is 9.12. The number of halogens is 1. The maximum absolute atomic E-state index is 13.7. The van der Waals surface area contributed by atoms with E-state index in [0.29, 0.717) is 16.6 Å². The normalized spacial score (nSPS) is 10.9. The van der Waals surface area contributed by atoms with Crippen molar-refractivity contribution in [1.29, 1.82) is 0 Å². The van der Waals surface area contributed by atoms with Crippen LogP contribution in [0.2, 0.25) is 0 Å². The third kappa shape index (κ3) is 1.64. The number of benzene rings is 1. The molecule has 1 aromatic carbocycles. The minimum absolute atomic E-state index is 0.0288. The Morgan fingerprint density at radius 3 is 2.81 bits per heavy atom. The number of aryl methyl sites for hydroxylation is 2. The van der Waals surface area contributed by atoms with Crippen LogP contribution in [0.4, 0.5) is 4.39 Å². The maximum Gasteiger partial charge on any atom is 0.239 e. The highest BCUT2D eigenvalue weighted by Crippen LogP contribution is 2.22. The molecule has 84 valence electrons. The zero-order valence-corrected chi connectivity index (χ0v) is 9.12. The van der Waals surface area contributed by atoms with E-state index >= 15 is 0 Å². The number of primary amides is 1. The number of fused-ring (bicyclic) bond motifs is 1. The monoisotopic (exact) mass is 221 g/mol. The largest absolute Gasteiger partial charge is 0.368 e. The van der Waals surface area contributed by atoms with E-state index in [4.69, 9.17) is 5.73 Å². The zero-order chi connectivity index (χ0) is 11.9. The fourth-order valence-electron chi connectivity index (χ4n) is 1.80. The van der Waals surface area contributed by atoms with Gasteiger partial charge in [-0.1, -0.05) is 0 Å². The molecule has 5 heteroatoms. The van der Waals surface area contributed by atoms with Crippen molar-refractivity contribution in [3.05, 3.63) is 29.2 Å². The van der Waals surface area contributed by atoms with Gasteiger partial charge in [0.15, 0.2) is 0 Å². The smallest absolute Gasteiger partial charge is 0.239 e. The highest BCUT2D eigenvalue weighted by Gasteiger charge is 2.13. The Hall–Kier alpha value is -1.91. The number of rotatable bonds is 2. The number of hydrogen-bond acceptors (Lipinski definition) is 2. The van der Waals surface area contributed by atoms with Gasteiger partial charge >= 0.3 is 0 Å². The third-order valence-corrected chi connectivity index (χ3v) is 2.50. The van der Waals surface area contributed by atoms with Crippen LogP contribution >= 0.6 is 0 Å². The van der Waals surface area contributed by atoms with Crippen LogP contribution in [0.5, 0.6) is 0 Å². The second-order valence-corrected chi connectivity index (χ2v) is 3.85. The lowest BCUT2D eigenvalue weighted by atomic mass is 10.1. The molecule has 0 saturated carbocycles. The van der Waals surface area contributed by atoms with Crippen LogP contribution in [0.15, 0.2) is 12.1 Å². The number of nitrogens with two attached hydrogens (primary N) is 1. The van der Waals surface area contributed by atoms with Crippen LogP contribution in [-0.2, 0) is 11.3 Å². The average Bonchev–Trinajstić information content (AvgIpc) is 2.41. The van der Waals surface area contributed by atoms with Crippen molar-refractivity contribution in [2.45, 2.75) is 20.4 Å². The first-order valence-electron chi connectivity index (χ1n) is 4.90. The maximum atomic E-state index is 13.7. The second-order valence-electron chi connectivity index (χ2n) is 3.85. The van der Waals surface area contributed by atoms with Crippen LogP contribution in [0.25, 0.3) is 10.9 Å². The fourth-order valence-corrected chi connectivity index (χ4v) is 1.80. The van der Waals surface area contributed by atoms with Crippen molar-refractivity contribution in [2.24, 2.45) is 5.73 Å². The van der Waals surface area contributed by atoms with E-state index < -0.39 is 5.91 Å². The highest BCUT2D eigenvalue weighted by molar-refractivity contribution is 5.83. The summed E-state index contributed by atoms with van der Waals surface area (Å²) in [7, 11) is 0. The lowest BCUT2D eigenvalue weighted by molar-refractivity contribution is -0.118. The van der Waals surface area contributed by atoms with Crippen LogP contribution in [0.3, 0.4) is 0 Å². The van der Waals surface area contributed by atoms with Gasteiger partial charge in [0, 0.05) is 5.69 Å². The van der Waals surface area contributed by atoms with Crippen molar-refractivity contribution in [3.8, 4) is 0 Å². The standard InChI is InChI=1S/C11H12FN3O/c1-6-3-8(12)11-7(2)15(5-10(13)16)14-9(11)4-6/h3-4H,5H2,1-2H3,(H2,13,16). The molecule has 1 aromatic heterocycles. The Kier molecular flexibility index (Phi) is 2.38. The minimum Gasteiger partial charge on any atom is -0.368 e. The molecule has 0 unspecified atom stereocenters. The summed E-state index contributed by atoms with van der Waals surface area (Å²) >= 11 is 0. The topological polar surface area (TPSA) is 60.9 Å². The molecule has 0 aliphatic rings. The van der Waals surface area contributed by atoms with E-state index in [1.165, 1.54) is 10.7 Å². The summed E-state index contributed by atoms with van der Waals surface area (Å²) in [5.41, 5.74) is 7.06.